The van der Waals surface area contributed by atoms with Crippen LogP contribution in [-0.2, 0) is 30.6 Å². The quantitative estimate of drug-likeness (QED) is 0.235. The number of carbonyl (C=O) groups is 1. The number of hydrogen-bond acceptors (Lipinski definition) is 12. The van der Waals surface area contributed by atoms with E-state index in [1.54, 1.807) is 56.3 Å². The molecule has 1 aliphatic rings. The highest BCUT2D eigenvalue weighted by molar-refractivity contribution is 8.09. The van der Waals surface area contributed by atoms with Crippen molar-refractivity contribution in [1.82, 2.24) is 24.6 Å². The largest absolute Gasteiger partial charge is 0.468 e. The summed E-state index contributed by atoms with van der Waals surface area (Å²) in [5, 5.41) is 13.8. The van der Waals surface area contributed by atoms with E-state index < -0.39 is 42.8 Å². The summed E-state index contributed by atoms with van der Waals surface area (Å²) in [6, 6.07) is 7.76. The second kappa shape index (κ2) is 11.3. The molecule has 16 heteroatoms. The van der Waals surface area contributed by atoms with Crippen molar-refractivity contribution in [1.29, 1.82) is 0 Å². The number of imidazole rings is 1. The second-order valence-electron chi connectivity index (χ2n) is 9.32. The summed E-state index contributed by atoms with van der Waals surface area (Å²) >= 11 is 5.65. The molecule has 1 saturated heterocycles. The predicted molar refractivity (Wildman–Crippen MR) is 145 cm³/mol. The minimum absolute atomic E-state index is 0.0310. The van der Waals surface area contributed by atoms with Crippen molar-refractivity contribution in [3.63, 3.8) is 0 Å². The van der Waals surface area contributed by atoms with Gasteiger partial charge in [0.05, 0.1) is 20.0 Å². The molecule has 1 aliphatic heterocycles. The number of nitrogens with zero attached hydrogens (tertiary/aromatic N) is 5. The third-order valence-corrected chi connectivity index (χ3v) is 8.60. The van der Waals surface area contributed by atoms with Crippen LogP contribution in [0, 0.1) is 0 Å². The van der Waals surface area contributed by atoms with Crippen molar-refractivity contribution in [2.75, 3.05) is 38.4 Å². The third-order valence-electron chi connectivity index (χ3n) is 6.10. The number of methoxy groups -OCH3 is 1. The van der Waals surface area contributed by atoms with E-state index in [9.17, 15) is 9.90 Å². The standard InChI is InChI=1S/C23H31FN7O6PS/c1-13(20(33)34-5)29-38(39,37-14-9-7-6-8-10-14)35-11-15-17(32)23(2,24)21(36-15)31-12-26-16-18(30(3)4)27-22(25)28-19(16)31/h6-10,12-13,15,17,21,32H,11H2,1-5H3,(H,29,39)(H2,25,27,28)/t13-,15+,17+,21+,23+,38+/m0/s1. The van der Waals surface area contributed by atoms with E-state index in [2.05, 4.69) is 20.0 Å². The number of aliphatic hydroxyl groups excluding tert-OH is 1. The molecule has 0 bridgehead atoms. The van der Waals surface area contributed by atoms with Gasteiger partial charge >= 0.3 is 12.6 Å². The highest BCUT2D eigenvalue weighted by Gasteiger charge is 2.56. The van der Waals surface area contributed by atoms with Crippen LogP contribution in [0.4, 0.5) is 16.2 Å². The minimum atomic E-state index is -3.42. The van der Waals surface area contributed by atoms with Crippen LogP contribution < -0.4 is 20.2 Å². The first kappa shape index (κ1) is 29.1. The fraction of sp³-hybridized carbons (Fsp3) is 0.478. The number of esters is 1. The first-order chi connectivity index (χ1) is 18.4. The highest BCUT2D eigenvalue weighted by Crippen LogP contribution is 2.48. The molecule has 1 aromatic carbocycles. The van der Waals surface area contributed by atoms with Crippen LogP contribution in [0.25, 0.3) is 11.2 Å². The molecule has 3 heterocycles. The first-order valence-electron chi connectivity index (χ1n) is 11.9. The summed E-state index contributed by atoms with van der Waals surface area (Å²) in [5.74, 6) is 0.227. The van der Waals surface area contributed by atoms with Crippen molar-refractivity contribution in [2.24, 2.45) is 0 Å². The maximum Gasteiger partial charge on any atom is 0.323 e. The summed E-state index contributed by atoms with van der Waals surface area (Å²) < 4.78 is 39.9. The van der Waals surface area contributed by atoms with Gasteiger partial charge in [-0.1, -0.05) is 18.2 Å². The first-order valence-corrected chi connectivity index (χ1v) is 14.5. The molecule has 6 atom stereocenters. The molecular formula is C23H31FN7O6PS. The normalized spacial score (nSPS) is 25.3. The van der Waals surface area contributed by atoms with E-state index in [1.807, 2.05) is 0 Å². The predicted octanol–water partition coefficient (Wildman–Crippen LogP) is 1.93. The van der Waals surface area contributed by atoms with Crippen LogP contribution in [-0.4, -0.2) is 82.3 Å². The number of para-hydroxylation sites is 1. The van der Waals surface area contributed by atoms with Gasteiger partial charge in [-0.05, 0) is 37.8 Å². The summed E-state index contributed by atoms with van der Waals surface area (Å²) in [6.07, 6.45) is -2.75. The molecule has 0 radical (unpaired) electrons. The maximum atomic E-state index is 16.0. The Morgan fingerprint density at radius 3 is 2.72 bits per heavy atom. The van der Waals surface area contributed by atoms with Crippen molar-refractivity contribution in [3.05, 3.63) is 36.7 Å². The molecule has 0 spiro atoms. The number of nitrogen functional groups attached to an aromatic ring is 1. The second-order valence-corrected chi connectivity index (χ2v) is 12.5. The summed E-state index contributed by atoms with van der Waals surface area (Å²) in [5.41, 5.74) is 4.22. The fourth-order valence-corrected chi connectivity index (χ4v) is 6.52. The molecule has 0 amide bonds. The number of fused-ring (bicyclic) bond motifs is 1. The summed E-state index contributed by atoms with van der Waals surface area (Å²) in [7, 11) is 4.77. The fourth-order valence-electron chi connectivity index (χ4n) is 4.10. The smallest absolute Gasteiger partial charge is 0.323 e. The number of alkyl halides is 1. The van der Waals surface area contributed by atoms with Crippen molar-refractivity contribution >= 4 is 47.3 Å². The molecule has 3 aromatic rings. The van der Waals surface area contributed by atoms with Crippen LogP contribution in [0.3, 0.4) is 0 Å². The van der Waals surface area contributed by atoms with Crippen LogP contribution in [0.5, 0.6) is 5.75 Å². The van der Waals surface area contributed by atoms with E-state index in [0.29, 0.717) is 17.1 Å². The molecule has 4 N–H and O–H groups in total. The molecule has 0 aliphatic carbocycles. The number of benzene rings is 1. The van der Waals surface area contributed by atoms with E-state index in [4.69, 9.17) is 36.1 Å². The Bertz CT molecular complexity index is 1380. The van der Waals surface area contributed by atoms with Gasteiger partial charge in [-0.2, -0.15) is 9.97 Å². The Morgan fingerprint density at radius 1 is 1.38 bits per heavy atom. The van der Waals surface area contributed by atoms with Crippen molar-refractivity contribution < 1.29 is 32.8 Å². The van der Waals surface area contributed by atoms with Gasteiger partial charge in [0, 0.05) is 14.1 Å². The number of rotatable bonds is 10. The zero-order valence-corrected chi connectivity index (χ0v) is 23.7. The topological polar surface area (TPSA) is 159 Å². The lowest BCUT2D eigenvalue weighted by molar-refractivity contribution is -0.142. The summed E-state index contributed by atoms with van der Waals surface area (Å²) in [4.78, 5) is 26.5. The molecule has 1 fully saturated rings. The number of aliphatic hydroxyl groups is 1. The minimum Gasteiger partial charge on any atom is -0.468 e. The van der Waals surface area contributed by atoms with Gasteiger partial charge in [0.15, 0.2) is 28.9 Å². The number of carbonyl (C=O) groups excluding carboxylic acids is 1. The number of aromatic nitrogens is 4. The number of halogens is 1. The van der Waals surface area contributed by atoms with Crippen molar-refractivity contribution in [3.8, 4) is 5.75 Å². The Morgan fingerprint density at radius 2 is 2.08 bits per heavy atom. The zero-order valence-electron chi connectivity index (χ0n) is 22.0. The van der Waals surface area contributed by atoms with E-state index in [1.165, 1.54) is 24.9 Å². The lowest BCUT2D eigenvalue weighted by Crippen LogP contribution is -2.41. The number of anilines is 2. The lowest BCUT2D eigenvalue weighted by Gasteiger charge is -2.27. The molecule has 0 saturated carbocycles. The summed E-state index contributed by atoms with van der Waals surface area (Å²) in [6.45, 7) is -1.02. The van der Waals surface area contributed by atoms with Crippen LogP contribution in [0.2, 0.25) is 0 Å². The lowest BCUT2D eigenvalue weighted by atomic mass is 9.98. The van der Waals surface area contributed by atoms with Crippen molar-refractivity contribution in [2.45, 2.75) is 44.0 Å². The van der Waals surface area contributed by atoms with Gasteiger partial charge in [-0.15, -0.1) is 0 Å². The van der Waals surface area contributed by atoms with Crippen LogP contribution >= 0.6 is 6.64 Å². The Kier molecular flexibility index (Phi) is 8.40. The highest BCUT2D eigenvalue weighted by atomic mass is 32.5. The molecule has 212 valence electrons. The number of nitrogens with one attached hydrogen (secondary N) is 1. The van der Waals surface area contributed by atoms with E-state index in [-0.39, 0.29) is 18.2 Å². The van der Waals surface area contributed by atoms with Gasteiger partial charge < -0.3 is 34.3 Å². The van der Waals surface area contributed by atoms with Crippen LogP contribution in [0.15, 0.2) is 36.7 Å². The van der Waals surface area contributed by atoms with Gasteiger partial charge in [0.25, 0.3) is 0 Å². The van der Waals surface area contributed by atoms with Crippen LogP contribution in [0.1, 0.15) is 20.1 Å². The number of nitrogens with two attached hydrogens (primary N) is 1. The zero-order chi connectivity index (χ0) is 28.5. The Labute approximate surface area is 229 Å². The van der Waals surface area contributed by atoms with E-state index in [0.717, 1.165) is 0 Å². The molecule has 0 unspecified atom stereocenters. The monoisotopic (exact) mass is 583 g/mol. The molecule has 39 heavy (non-hydrogen) atoms. The molecule has 13 nitrogen and oxygen atoms in total. The maximum absolute atomic E-state index is 16.0. The van der Waals surface area contributed by atoms with E-state index >= 15 is 4.39 Å². The van der Waals surface area contributed by atoms with Gasteiger partial charge in [0.1, 0.15) is 24.0 Å². The average Bonchev–Trinajstić information content (AvgIpc) is 3.39. The Balaban J connectivity index is 1.59. The van der Waals surface area contributed by atoms with Gasteiger partial charge in [-0.25, -0.2) is 14.5 Å². The van der Waals surface area contributed by atoms with Gasteiger partial charge in [-0.3, -0.25) is 9.36 Å². The average molecular weight is 584 g/mol. The molecule has 4 rings (SSSR count). The molecular weight excluding hydrogens is 552 g/mol. The number of ether oxygens (including phenoxy) is 2. The van der Waals surface area contributed by atoms with Gasteiger partial charge in [0.2, 0.25) is 5.95 Å². The number of hydrogen-bond donors (Lipinski definition) is 3. The SMILES string of the molecule is COC(=O)[C@H](C)N[P@@](=S)(OC[C@H]1O[C@@H](n2cnc3c(N(C)C)nc(N)nc32)[C@](C)(F)[C@@H]1O)Oc1ccccc1. The third kappa shape index (κ3) is 5.98. The molecule has 2 aromatic heterocycles. The Hall–Kier alpha value is -2.94.